The fourth-order valence-electron chi connectivity index (χ4n) is 3.45. The first-order chi connectivity index (χ1) is 11.2. The first-order valence-electron chi connectivity index (χ1n) is 8.05. The van der Waals surface area contributed by atoms with Crippen LogP contribution in [0.2, 0.25) is 0 Å². The van der Waals surface area contributed by atoms with Gasteiger partial charge in [0.05, 0.1) is 12.6 Å². The van der Waals surface area contributed by atoms with Crippen LogP contribution in [0.3, 0.4) is 0 Å². The van der Waals surface area contributed by atoms with Gasteiger partial charge in [0.25, 0.3) is 0 Å². The van der Waals surface area contributed by atoms with E-state index in [1.165, 1.54) is 5.56 Å². The lowest BCUT2D eigenvalue weighted by Crippen LogP contribution is -2.44. The number of fused-ring (bicyclic) bond motifs is 1. The highest BCUT2D eigenvalue weighted by Crippen LogP contribution is 2.49. The molecular weight excluding hydrogens is 288 g/mol. The highest BCUT2D eigenvalue weighted by molar-refractivity contribution is 5.95. The molecule has 23 heavy (non-hydrogen) atoms. The van der Waals surface area contributed by atoms with Crippen molar-refractivity contribution in [3.05, 3.63) is 59.7 Å². The monoisotopic (exact) mass is 308 g/mol. The molecule has 2 aromatic carbocycles. The molecule has 1 N–H and O–H groups in total. The second kappa shape index (κ2) is 5.30. The normalized spacial score (nSPS) is 17.5. The lowest BCUT2D eigenvalue weighted by atomic mass is 10.0. The van der Waals surface area contributed by atoms with Crippen LogP contribution in [0.5, 0.6) is 5.75 Å². The second-order valence-corrected chi connectivity index (χ2v) is 6.24. The highest BCUT2D eigenvalue weighted by atomic mass is 16.5. The number of hydrogen-bond acceptors (Lipinski definition) is 2. The number of hydrogen-bond donors (Lipinski definition) is 1. The third-order valence-electron chi connectivity index (χ3n) is 4.85. The van der Waals surface area contributed by atoms with Gasteiger partial charge in [-0.25, -0.2) is 4.79 Å². The van der Waals surface area contributed by atoms with Crippen molar-refractivity contribution in [2.24, 2.45) is 0 Å². The molecule has 0 atom stereocenters. The van der Waals surface area contributed by atoms with Crippen LogP contribution in [0.4, 0.5) is 10.5 Å². The number of urea groups is 1. The SMILES string of the molecule is COc1ccccc1C1(NC(=O)N2CCc3ccccc32)CC1. The third-order valence-corrected chi connectivity index (χ3v) is 4.85. The molecule has 1 aliphatic heterocycles. The molecule has 0 unspecified atom stereocenters. The standard InChI is InChI=1S/C19H20N2O2/c1-23-17-9-5-3-7-15(17)19(11-12-19)20-18(22)21-13-10-14-6-2-4-8-16(14)21/h2-9H,10-13H2,1H3,(H,20,22). The molecule has 118 valence electrons. The summed E-state index contributed by atoms with van der Waals surface area (Å²) in [4.78, 5) is 14.7. The molecule has 1 fully saturated rings. The summed E-state index contributed by atoms with van der Waals surface area (Å²) < 4.78 is 5.47. The number of rotatable bonds is 3. The van der Waals surface area contributed by atoms with E-state index in [0.29, 0.717) is 0 Å². The minimum absolute atomic E-state index is 0.0154. The lowest BCUT2D eigenvalue weighted by Gasteiger charge is -2.25. The number of carbonyl (C=O) groups excluding carboxylic acids is 1. The van der Waals surface area contributed by atoms with Gasteiger partial charge < -0.3 is 10.1 Å². The van der Waals surface area contributed by atoms with Gasteiger partial charge in [-0.2, -0.15) is 0 Å². The van der Waals surface area contributed by atoms with Gasteiger partial charge >= 0.3 is 6.03 Å². The van der Waals surface area contributed by atoms with Crippen LogP contribution in [-0.4, -0.2) is 19.7 Å². The van der Waals surface area contributed by atoms with E-state index in [1.807, 2.05) is 47.4 Å². The summed E-state index contributed by atoms with van der Waals surface area (Å²) in [6, 6.07) is 16.1. The van der Waals surface area contributed by atoms with Gasteiger partial charge in [0.2, 0.25) is 0 Å². The molecule has 0 saturated heterocycles. The molecule has 2 amide bonds. The van der Waals surface area contributed by atoms with Crippen molar-refractivity contribution in [2.75, 3.05) is 18.6 Å². The van der Waals surface area contributed by atoms with Gasteiger partial charge in [-0.15, -0.1) is 0 Å². The Morgan fingerprint density at radius 3 is 2.65 bits per heavy atom. The van der Waals surface area contributed by atoms with Gasteiger partial charge in [0.1, 0.15) is 5.75 Å². The minimum atomic E-state index is -0.277. The topological polar surface area (TPSA) is 41.6 Å². The maximum atomic E-state index is 12.8. The highest BCUT2D eigenvalue weighted by Gasteiger charge is 2.48. The van der Waals surface area contributed by atoms with E-state index < -0.39 is 0 Å². The average Bonchev–Trinajstić information content (AvgIpc) is 3.23. The summed E-state index contributed by atoms with van der Waals surface area (Å²) in [6.45, 7) is 0.743. The fraction of sp³-hybridized carbons (Fsp3) is 0.316. The Labute approximate surface area is 136 Å². The van der Waals surface area contributed by atoms with E-state index in [1.54, 1.807) is 7.11 Å². The van der Waals surface area contributed by atoms with Crippen LogP contribution in [0, 0.1) is 0 Å². The zero-order valence-corrected chi connectivity index (χ0v) is 13.2. The molecule has 1 heterocycles. The van der Waals surface area contributed by atoms with Crippen molar-refractivity contribution in [3.8, 4) is 5.75 Å². The summed E-state index contributed by atoms with van der Waals surface area (Å²) in [6.07, 6.45) is 2.83. The van der Waals surface area contributed by atoms with Crippen molar-refractivity contribution in [2.45, 2.75) is 24.8 Å². The van der Waals surface area contributed by atoms with E-state index >= 15 is 0 Å². The Hall–Kier alpha value is -2.49. The van der Waals surface area contributed by atoms with Crippen molar-refractivity contribution < 1.29 is 9.53 Å². The van der Waals surface area contributed by atoms with Gasteiger partial charge in [-0.3, -0.25) is 4.90 Å². The Morgan fingerprint density at radius 2 is 1.87 bits per heavy atom. The first-order valence-corrected chi connectivity index (χ1v) is 8.05. The largest absolute Gasteiger partial charge is 0.496 e. The summed E-state index contributed by atoms with van der Waals surface area (Å²) in [5.74, 6) is 0.840. The summed E-state index contributed by atoms with van der Waals surface area (Å²) in [5.41, 5.74) is 3.07. The van der Waals surface area contributed by atoms with Gasteiger partial charge in [0.15, 0.2) is 0 Å². The Bertz CT molecular complexity index is 753. The number of ether oxygens (including phenoxy) is 1. The van der Waals surface area contributed by atoms with Gasteiger partial charge in [-0.1, -0.05) is 36.4 Å². The Morgan fingerprint density at radius 1 is 1.13 bits per heavy atom. The number of nitrogens with one attached hydrogen (secondary N) is 1. The zero-order chi connectivity index (χ0) is 15.9. The smallest absolute Gasteiger partial charge is 0.322 e. The van der Waals surface area contributed by atoms with Crippen LogP contribution in [0.25, 0.3) is 0 Å². The van der Waals surface area contributed by atoms with Gasteiger partial charge in [-0.05, 0) is 37.0 Å². The molecule has 0 aromatic heterocycles. The number of para-hydroxylation sites is 2. The molecule has 1 aliphatic carbocycles. The van der Waals surface area contributed by atoms with E-state index in [2.05, 4.69) is 11.4 Å². The maximum absolute atomic E-state index is 12.8. The molecule has 0 radical (unpaired) electrons. The van der Waals surface area contributed by atoms with Crippen LogP contribution in [0.1, 0.15) is 24.0 Å². The predicted octanol–water partition coefficient (Wildman–Crippen LogP) is 3.46. The number of benzene rings is 2. The summed E-state index contributed by atoms with van der Waals surface area (Å²) in [5, 5.41) is 3.25. The van der Waals surface area contributed by atoms with Crippen molar-refractivity contribution in [1.82, 2.24) is 5.32 Å². The molecule has 4 heteroatoms. The average molecular weight is 308 g/mol. The summed E-state index contributed by atoms with van der Waals surface area (Å²) >= 11 is 0. The lowest BCUT2D eigenvalue weighted by molar-refractivity contribution is 0.241. The number of amides is 2. The fourth-order valence-corrected chi connectivity index (χ4v) is 3.45. The van der Waals surface area contributed by atoms with E-state index in [0.717, 1.165) is 42.8 Å². The summed E-state index contributed by atoms with van der Waals surface area (Å²) in [7, 11) is 1.67. The molecule has 1 saturated carbocycles. The zero-order valence-electron chi connectivity index (χ0n) is 13.2. The van der Waals surface area contributed by atoms with Gasteiger partial charge in [0, 0.05) is 17.8 Å². The molecule has 2 aromatic rings. The Kier molecular flexibility index (Phi) is 3.26. The van der Waals surface area contributed by atoms with E-state index in [9.17, 15) is 4.79 Å². The maximum Gasteiger partial charge on any atom is 0.322 e. The molecule has 2 aliphatic rings. The van der Waals surface area contributed by atoms with Crippen LogP contribution >= 0.6 is 0 Å². The number of anilines is 1. The number of nitrogens with zero attached hydrogens (tertiary/aromatic N) is 1. The first kappa shape index (κ1) is 14.1. The van der Waals surface area contributed by atoms with E-state index in [4.69, 9.17) is 4.74 Å². The predicted molar refractivity (Wildman–Crippen MR) is 89.9 cm³/mol. The van der Waals surface area contributed by atoms with Crippen LogP contribution in [-0.2, 0) is 12.0 Å². The minimum Gasteiger partial charge on any atom is -0.496 e. The van der Waals surface area contributed by atoms with Crippen molar-refractivity contribution >= 4 is 11.7 Å². The molecule has 4 rings (SSSR count). The molecule has 0 spiro atoms. The van der Waals surface area contributed by atoms with E-state index in [-0.39, 0.29) is 11.6 Å². The second-order valence-electron chi connectivity index (χ2n) is 6.24. The van der Waals surface area contributed by atoms with Crippen molar-refractivity contribution in [1.29, 1.82) is 0 Å². The third kappa shape index (κ3) is 2.34. The van der Waals surface area contributed by atoms with Crippen LogP contribution < -0.4 is 15.0 Å². The molecule has 4 nitrogen and oxygen atoms in total. The van der Waals surface area contributed by atoms with Crippen molar-refractivity contribution in [3.63, 3.8) is 0 Å². The molecule has 0 bridgehead atoms. The van der Waals surface area contributed by atoms with Crippen LogP contribution in [0.15, 0.2) is 48.5 Å². The quantitative estimate of drug-likeness (QED) is 0.943. The molecular formula is C19H20N2O2. The Balaban J connectivity index is 1.58. The number of methoxy groups -OCH3 is 1. The number of carbonyl (C=O) groups is 1.